The van der Waals surface area contributed by atoms with E-state index >= 15 is 0 Å². The Bertz CT molecular complexity index is 2920. The number of nitrogens with one attached hydrogen (secondary N) is 8. The first kappa shape index (κ1) is 55.7. The highest BCUT2D eigenvalue weighted by atomic mass is 32.3. The molecule has 40 heteroatoms. The molecule has 24 atom stereocenters. The van der Waals surface area contributed by atoms with Gasteiger partial charge in [-0.05, 0) is 49.4 Å². The van der Waals surface area contributed by atoms with Crippen LogP contribution < -0.4 is 42.5 Å². The molecule has 4 saturated carbocycles. The minimum absolute atomic E-state index is 0.237. The zero-order chi connectivity index (χ0) is 53.2. The predicted molar refractivity (Wildman–Crippen MR) is 243 cm³/mol. The van der Waals surface area contributed by atoms with Gasteiger partial charge in [-0.1, -0.05) is 25.7 Å². The molecule has 9 rings (SSSR count). The van der Waals surface area contributed by atoms with Crippen LogP contribution in [0.5, 0.6) is 0 Å². The summed E-state index contributed by atoms with van der Waals surface area (Å²) in [6.45, 7) is 0. The van der Waals surface area contributed by atoms with Gasteiger partial charge in [0.25, 0.3) is 80.9 Å². The standard InChI is InChI=1S/C32H56N8O24S8/c41-65(42,43)17-13-15(19(67(47,48)49)23(71(59,60)61)21(17)69(53,54)55)31-38-29(13)36-27-11-7-3-1-5-9(11)25(34-27)33-26-10-6-2-4-8-12(10)28(35-26)37-30-14-16(32(39-30)40-31)20(68(50,51)52)24(72(62,63)64)22(70(56,57)58)18(14)66(44,45)46/h9-40H,1-8H2,(H,41,42,43)(H,44,45,46)(H,47,48,49)(H,50,51,52)(H,53,54,55)(H,56,57,58)(H,59,60,61)(H,62,63,64). The highest BCUT2D eigenvalue weighted by Gasteiger charge is 2.74. The average Bonchev–Trinajstić information content (AvgIpc) is 3.95. The first-order valence-corrected chi connectivity index (χ1v) is 34.6. The fourth-order valence-corrected chi connectivity index (χ4v) is 29.4. The maximum atomic E-state index is 13.7. The Balaban J connectivity index is 1.31. The lowest BCUT2D eigenvalue weighted by atomic mass is 9.75. The second-order valence-electron chi connectivity index (χ2n) is 20.5. The predicted octanol–water partition coefficient (Wildman–Crippen LogP) is -6.46. The lowest BCUT2D eigenvalue weighted by Gasteiger charge is -2.47. The third-order valence-corrected chi connectivity index (χ3v) is 28.3. The van der Waals surface area contributed by atoms with Gasteiger partial charge >= 0.3 is 0 Å². The van der Waals surface area contributed by atoms with Crippen LogP contribution in [0.1, 0.15) is 51.4 Å². The summed E-state index contributed by atoms with van der Waals surface area (Å²) in [6.07, 6.45) is -6.74. The summed E-state index contributed by atoms with van der Waals surface area (Å²) < 4.78 is 302. The van der Waals surface area contributed by atoms with Crippen LogP contribution in [-0.4, -0.2) is 195 Å². The Morgan fingerprint density at radius 2 is 0.361 bits per heavy atom. The summed E-state index contributed by atoms with van der Waals surface area (Å²) in [5, 5.41) is -2.54. The van der Waals surface area contributed by atoms with Crippen LogP contribution in [0.25, 0.3) is 0 Å². The molecule has 8 bridgehead atoms. The van der Waals surface area contributed by atoms with Crippen molar-refractivity contribution in [3.05, 3.63) is 0 Å². The van der Waals surface area contributed by atoms with Gasteiger partial charge in [-0.15, -0.1) is 0 Å². The van der Waals surface area contributed by atoms with E-state index in [1.807, 2.05) is 0 Å². The Morgan fingerprint density at radius 3 is 0.514 bits per heavy atom. The van der Waals surface area contributed by atoms with Gasteiger partial charge in [0.15, 0.2) is 0 Å². The Kier molecular flexibility index (Phi) is 14.1. The van der Waals surface area contributed by atoms with E-state index in [-0.39, 0.29) is 23.7 Å². The van der Waals surface area contributed by atoms with Crippen LogP contribution in [0.4, 0.5) is 0 Å². The van der Waals surface area contributed by atoms with Gasteiger partial charge in [0.05, 0.1) is 49.3 Å². The molecule has 9 fully saturated rings. The molecule has 32 nitrogen and oxygen atoms in total. The van der Waals surface area contributed by atoms with E-state index in [9.17, 15) is 104 Å². The molecule has 72 heavy (non-hydrogen) atoms. The normalized spacial score (nSPS) is 47.4. The zero-order valence-corrected chi connectivity index (χ0v) is 43.4. The first-order valence-electron chi connectivity index (χ1n) is 22.6. The van der Waals surface area contributed by atoms with Gasteiger partial charge in [-0.25, -0.2) is 0 Å². The van der Waals surface area contributed by atoms with E-state index in [4.69, 9.17) is 0 Å². The smallest absolute Gasteiger partial charge is 0.270 e. The maximum absolute atomic E-state index is 13.7. The molecule has 0 aromatic carbocycles. The summed E-state index contributed by atoms with van der Waals surface area (Å²) in [5.41, 5.74) is 0. The molecule has 16 N–H and O–H groups in total. The second-order valence-corrected chi connectivity index (χ2v) is 33.1. The van der Waals surface area contributed by atoms with Gasteiger partial charge in [-0.2, -0.15) is 67.3 Å². The Morgan fingerprint density at radius 1 is 0.222 bits per heavy atom. The summed E-state index contributed by atoms with van der Waals surface area (Å²) in [6, 6.07) is 0. The quantitative estimate of drug-likeness (QED) is 0.101. The van der Waals surface area contributed by atoms with Crippen LogP contribution in [0.3, 0.4) is 0 Å². The summed E-state index contributed by atoms with van der Waals surface area (Å²) >= 11 is 0. The average molecular weight is 1190 g/mol. The van der Waals surface area contributed by atoms with Crippen LogP contribution in [0.15, 0.2) is 0 Å². The molecule has 0 aromatic rings. The van der Waals surface area contributed by atoms with E-state index < -0.39 is 196 Å². The Hall–Kier alpha value is -1.04. The van der Waals surface area contributed by atoms with Gasteiger partial charge in [0.1, 0.15) is 42.0 Å². The molecule has 5 saturated heterocycles. The Labute approximate surface area is 414 Å². The highest BCUT2D eigenvalue weighted by molar-refractivity contribution is 7.95. The third kappa shape index (κ3) is 9.73. The van der Waals surface area contributed by atoms with Gasteiger partial charge in [0, 0.05) is 23.7 Å². The molecule has 5 heterocycles. The lowest BCUT2D eigenvalue weighted by Crippen LogP contribution is -2.71. The van der Waals surface area contributed by atoms with E-state index in [1.54, 1.807) is 0 Å². The monoisotopic (exact) mass is 1190 g/mol. The van der Waals surface area contributed by atoms with E-state index in [1.165, 1.54) is 0 Å². The van der Waals surface area contributed by atoms with Crippen LogP contribution in [0, 0.1) is 47.3 Å². The summed E-state index contributed by atoms with van der Waals surface area (Å²) in [5.74, 6) is -11.1. The fourth-order valence-electron chi connectivity index (χ4n) is 14.8. The van der Waals surface area contributed by atoms with Crippen molar-refractivity contribution in [1.29, 1.82) is 0 Å². The van der Waals surface area contributed by atoms with Crippen molar-refractivity contribution in [3.63, 3.8) is 0 Å². The van der Waals surface area contributed by atoms with Crippen molar-refractivity contribution in [1.82, 2.24) is 42.5 Å². The van der Waals surface area contributed by atoms with E-state index in [0.29, 0.717) is 38.5 Å². The van der Waals surface area contributed by atoms with Crippen molar-refractivity contribution in [2.75, 3.05) is 0 Å². The maximum Gasteiger partial charge on any atom is 0.270 e. The topological polar surface area (TPSA) is 531 Å². The van der Waals surface area contributed by atoms with Crippen molar-refractivity contribution in [3.8, 4) is 0 Å². The number of hydrogen-bond acceptors (Lipinski definition) is 24. The van der Waals surface area contributed by atoms with Gasteiger partial charge < -0.3 is 0 Å². The first-order chi connectivity index (χ1) is 32.8. The third-order valence-electron chi connectivity index (χ3n) is 17.0. The molecule has 4 aliphatic carbocycles. The minimum atomic E-state index is -6.34. The highest BCUT2D eigenvalue weighted by Crippen LogP contribution is 2.52. The van der Waals surface area contributed by atoms with Crippen LogP contribution >= 0.6 is 0 Å². The van der Waals surface area contributed by atoms with Crippen molar-refractivity contribution >= 4 is 80.9 Å². The molecule has 0 aromatic heterocycles. The van der Waals surface area contributed by atoms with Crippen molar-refractivity contribution in [2.45, 2.75) is 143 Å². The van der Waals surface area contributed by atoms with Crippen molar-refractivity contribution in [2.24, 2.45) is 47.3 Å². The molecular formula is C32H56N8O24S8. The largest absolute Gasteiger partial charge is 0.286 e. The molecule has 0 amide bonds. The lowest BCUT2D eigenvalue weighted by molar-refractivity contribution is 0.165. The van der Waals surface area contributed by atoms with E-state index in [2.05, 4.69) is 42.5 Å². The summed E-state index contributed by atoms with van der Waals surface area (Å²) in [7, 11) is -49.9. The molecular weight excluding hydrogens is 1140 g/mol. The molecule has 5 aliphatic heterocycles. The fraction of sp³-hybridized carbons (Fsp3) is 1.00. The second kappa shape index (κ2) is 18.3. The van der Waals surface area contributed by atoms with Gasteiger partial charge in [-0.3, -0.25) is 79.0 Å². The van der Waals surface area contributed by atoms with E-state index in [0.717, 1.165) is 12.8 Å². The minimum Gasteiger partial charge on any atom is -0.286 e. The SMILES string of the molecule is O=S(=O)(O)C1C2C3NC4NC(NC5NC(NC6NC(NC(N3)C2C(S(=O)(=O)O)C(S(=O)(=O)O)C1S(=O)(=O)O)C1C6C(S(=O)(=O)O)C(S(=O)(=O)O)C(S(=O)(=O)O)C1S(=O)(=O)O)C1CCCCC51)C1CCCCC41. The number of hydrogen-bond donors (Lipinski definition) is 16. The van der Waals surface area contributed by atoms with Crippen LogP contribution in [-0.2, 0) is 80.9 Å². The van der Waals surface area contributed by atoms with Crippen LogP contribution in [0.2, 0.25) is 0 Å². The van der Waals surface area contributed by atoms with Gasteiger partial charge in [0.2, 0.25) is 0 Å². The zero-order valence-electron chi connectivity index (χ0n) is 36.9. The molecule has 416 valence electrons. The molecule has 24 unspecified atom stereocenters. The number of rotatable bonds is 8. The van der Waals surface area contributed by atoms with Crippen molar-refractivity contribution < 1.29 is 104 Å². The number of fused-ring (bicyclic) bond motifs is 20. The molecule has 0 spiro atoms. The molecule has 9 aliphatic rings. The summed E-state index contributed by atoms with van der Waals surface area (Å²) in [4.78, 5) is 0. The molecule has 0 radical (unpaired) electrons.